The van der Waals surface area contributed by atoms with Crippen molar-refractivity contribution in [1.29, 1.82) is 5.26 Å². The van der Waals surface area contributed by atoms with Crippen LogP contribution in [0.1, 0.15) is 36.2 Å². The summed E-state index contributed by atoms with van der Waals surface area (Å²) in [4.78, 5) is 10.9. The maximum Gasteiger partial charge on any atom is 0.310 e. The number of carbonyl (C=O) groups is 1. The zero-order valence-electron chi connectivity index (χ0n) is 9.69. The van der Waals surface area contributed by atoms with Crippen LogP contribution in [-0.2, 0) is 11.3 Å². The summed E-state index contributed by atoms with van der Waals surface area (Å²) >= 11 is 0. The van der Waals surface area contributed by atoms with Gasteiger partial charge in [-0.05, 0) is 20.8 Å². The van der Waals surface area contributed by atoms with E-state index in [9.17, 15) is 4.79 Å². The van der Waals surface area contributed by atoms with Crippen molar-refractivity contribution in [2.75, 3.05) is 0 Å². The third kappa shape index (κ3) is 2.22. The molecule has 86 valence electrons. The lowest BCUT2D eigenvalue weighted by Gasteiger charge is -2.07. The molecule has 0 aliphatic heterocycles. The minimum Gasteiger partial charge on any atom is -0.481 e. The Morgan fingerprint density at radius 1 is 1.62 bits per heavy atom. The fraction of sp³-hybridized carbons (Fsp3) is 0.545. The molecule has 0 aliphatic carbocycles. The normalized spacial score (nSPS) is 12.1. The van der Waals surface area contributed by atoms with Crippen molar-refractivity contribution in [2.45, 2.75) is 39.7 Å². The summed E-state index contributed by atoms with van der Waals surface area (Å²) in [7, 11) is 0. The van der Waals surface area contributed by atoms with Crippen molar-refractivity contribution in [1.82, 2.24) is 9.78 Å². The molecule has 1 heterocycles. The number of nitrogens with zero attached hydrogens (tertiary/aromatic N) is 3. The number of carboxylic acids is 1. The average Bonchev–Trinajstić information content (AvgIpc) is 2.50. The highest BCUT2D eigenvalue weighted by atomic mass is 16.4. The number of aryl methyl sites for hydroxylation is 2. The number of hydrogen-bond donors (Lipinski definition) is 1. The molecular weight excluding hydrogens is 206 g/mol. The van der Waals surface area contributed by atoms with E-state index in [-0.39, 0.29) is 0 Å². The molecule has 1 aromatic heterocycles. The van der Waals surface area contributed by atoms with E-state index in [2.05, 4.69) is 5.10 Å². The maximum absolute atomic E-state index is 10.9. The van der Waals surface area contributed by atoms with Crippen molar-refractivity contribution < 1.29 is 9.90 Å². The van der Waals surface area contributed by atoms with Gasteiger partial charge in [0.05, 0.1) is 30.6 Å². The molecule has 1 aromatic rings. The zero-order chi connectivity index (χ0) is 12.3. The largest absolute Gasteiger partial charge is 0.481 e. The van der Waals surface area contributed by atoms with E-state index in [1.54, 1.807) is 18.5 Å². The molecule has 5 heteroatoms. The van der Waals surface area contributed by atoms with E-state index in [1.165, 1.54) is 0 Å². The molecular formula is C11H15N3O2. The Balaban J connectivity index is 3.07. The summed E-state index contributed by atoms with van der Waals surface area (Å²) in [6.45, 7) is 5.79. The van der Waals surface area contributed by atoms with Gasteiger partial charge in [-0.3, -0.25) is 9.48 Å². The standard InChI is InChI=1S/C11H15N3O2/c1-7(11(15)16)10-8(2)13-14(9(10)3)6-4-5-12/h7H,4,6H2,1-3H3,(H,15,16). The van der Waals surface area contributed by atoms with Gasteiger partial charge in [0.2, 0.25) is 0 Å². The van der Waals surface area contributed by atoms with Crippen molar-refractivity contribution in [3.63, 3.8) is 0 Å². The molecule has 0 amide bonds. The molecule has 0 saturated carbocycles. The molecule has 0 fully saturated rings. The molecule has 0 radical (unpaired) electrons. The molecule has 5 nitrogen and oxygen atoms in total. The maximum atomic E-state index is 10.9. The summed E-state index contributed by atoms with van der Waals surface area (Å²) in [5, 5.41) is 21.7. The molecule has 0 aliphatic rings. The van der Waals surface area contributed by atoms with Crippen LogP contribution < -0.4 is 0 Å². The Kier molecular flexibility index (Phi) is 3.67. The van der Waals surface area contributed by atoms with E-state index in [1.807, 2.05) is 13.0 Å². The lowest BCUT2D eigenvalue weighted by atomic mass is 9.99. The van der Waals surface area contributed by atoms with Gasteiger partial charge in [0.25, 0.3) is 0 Å². The van der Waals surface area contributed by atoms with Crippen LogP contribution in [0.5, 0.6) is 0 Å². The van der Waals surface area contributed by atoms with Crippen LogP contribution in [0.2, 0.25) is 0 Å². The number of aliphatic carboxylic acids is 1. The average molecular weight is 221 g/mol. The van der Waals surface area contributed by atoms with Crippen LogP contribution in [0.25, 0.3) is 0 Å². The summed E-state index contributed by atoms with van der Waals surface area (Å²) < 4.78 is 1.70. The summed E-state index contributed by atoms with van der Waals surface area (Å²) in [6.07, 6.45) is 0.378. The van der Waals surface area contributed by atoms with Crippen LogP contribution in [0.15, 0.2) is 0 Å². The summed E-state index contributed by atoms with van der Waals surface area (Å²) in [5.41, 5.74) is 2.32. The lowest BCUT2D eigenvalue weighted by molar-refractivity contribution is -0.138. The fourth-order valence-corrected chi connectivity index (χ4v) is 1.83. The molecule has 0 saturated heterocycles. The highest BCUT2D eigenvalue weighted by Crippen LogP contribution is 2.23. The summed E-state index contributed by atoms with van der Waals surface area (Å²) in [6, 6.07) is 2.05. The van der Waals surface area contributed by atoms with Crippen LogP contribution in [0.4, 0.5) is 0 Å². The monoisotopic (exact) mass is 221 g/mol. The molecule has 1 atom stereocenters. The van der Waals surface area contributed by atoms with E-state index in [0.29, 0.717) is 13.0 Å². The highest BCUT2D eigenvalue weighted by molar-refractivity contribution is 5.76. The van der Waals surface area contributed by atoms with Crippen LogP contribution in [-0.4, -0.2) is 20.9 Å². The van der Waals surface area contributed by atoms with Gasteiger partial charge in [-0.1, -0.05) is 0 Å². The Hall–Kier alpha value is -1.83. The Labute approximate surface area is 94.3 Å². The third-order valence-corrected chi connectivity index (χ3v) is 2.68. The number of aromatic nitrogens is 2. The van der Waals surface area contributed by atoms with Crippen LogP contribution in [0, 0.1) is 25.2 Å². The van der Waals surface area contributed by atoms with Crippen LogP contribution in [0.3, 0.4) is 0 Å². The minimum absolute atomic E-state index is 0.378. The Morgan fingerprint density at radius 2 is 2.25 bits per heavy atom. The molecule has 1 N–H and O–H groups in total. The quantitative estimate of drug-likeness (QED) is 0.837. The van der Waals surface area contributed by atoms with Gasteiger partial charge < -0.3 is 5.11 Å². The van der Waals surface area contributed by atoms with Crippen molar-refractivity contribution in [3.8, 4) is 6.07 Å². The van der Waals surface area contributed by atoms with Gasteiger partial charge in [-0.2, -0.15) is 10.4 Å². The van der Waals surface area contributed by atoms with E-state index in [0.717, 1.165) is 17.0 Å². The zero-order valence-corrected chi connectivity index (χ0v) is 9.69. The smallest absolute Gasteiger partial charge is 0.310 e. The molecule has 1 unspecified atom stereocenters. The number of carboxylic acid groups (broad SMARTS) is 1. The number of rotatable bonds is 4. The predicted octanol–water partition coefficient (Wildman–Crippen LogP) is 1.60. The second kappa shape index (κ2) is 4.79. The fourth-order valence-electron chi connectivity index (χ4n) is 1.83. The minimum atomic E-state index is -0.856. The van der Waals surface area contributed by atoms with Gasteiger partial charge in [0.1, 0.15) is 0 Å². The van der Waals surface area contributed by atoms with Crippen molar-refractivity contribution in [2.24, 2.45) is 0 Å². The Morgan fingerprint density at radius 3 is 2.75 bits per heavy atom. The molecule has 0 bridgehead atoms. The van der Waals surface area contributed by atoms with E-state index >= 15 is 0 Å². The topological polar surface area (TPSA) is 78.9 Å². The SMILES string of the molecule is Cc1nn(CCC#N)c(C)c1C(C)C(=O)O. The van der Waals surface area contributed by atoms with Crippen LogP contribution >= 0.6 is 0 Å². The van der Waals surface area contributed by atoms with Gasteiger partial charge in [-0.15, -0.1) is 0 Å². The first-order valence-electron chi connectivity index (χ1n) is 5.12. The highest BCUT2D eigenvalue weighted by Gasteiger charge is 2.22. The van der Waals surface area contributed by atoms with Gasteiger partial charge in [-0.25, -0.2) is 0 Å². The molecule has 0 aromatic carbocycles. The number of nitriles is 1. The first-order chi connectivity index (χ1) is 7.49. The first kappa shape index (κ1) is 12.2. The van der Waals surface area contributed by atoms with Crippen molar-refractivity contribution in [3.05, 3.63) is 17.0 Å². The number of hydrogen-bond acceptors (Lipinski definition) is 3. The van der Waals surface area contributed by atoms with E-state index < -0.39 is 11.9 Å². The van der Waals surface area contributed by atoms with Gasteiger partial charge in [0.15, 0.2) is 0 Å². The lowest BCUT2D eigenvalue weighted by Crippen LogP contribution is -2.10. The molecule has 1 rings (SSSR count). The Bertz CT molecular complexity index is 443. The molecule has 0 spiro atoms. The summed E-state index contributed by atoms with van der Waals surface area (Å²) in [5.74, 6) is -1.41. The predicted molar refractivity (Wildman–Crippen MR) is 58.0 cm³/mol. The first-order valence-corrected chi connectivity index (χ1v) is 5.12. The molecule has 16 heavy (non-hydrogen) atoms. The van der Waals surface area contributed by atoms with Crippen molar-refractivity contribution >= 4 is 5.97 Å². The second-order valence-corrected chi connectivity index (χ2v) is 3.78. The second-order valence-electron chi connectivity index (χ2n) is 3.78. The third-order valence-electron chi connectivity index (χ3n) is 2.68. The van der Waals surface area contributed by atoms with Gasteiger partial charge in [0, 0.05) is 11.3 Å². The van der Waals surface area contributed by atoms with Gasteiger partial charge >= 0.3 is 5.97 Å². The van der Waals surface area contributed by atoms with E-state index in [4.69, 9.17) is 10.4 Å².